The average molecular weight is 336 g/mol. The highest BCUT2D eigenvalue weighted by Crippen LogP contribution is 2.29. The van der Waals surface area contributed by atoms with Gasteiger partial charge in [0, 0.05) is 19.1 Å². The van der Waals surface area contributed by atoms with Crippen LogP contribution in [0.25, 0.3) is 0 Å². The molecule has 0 spiro atoms. The zero-order valence-corrected chi connectivity index (χ0v) is 14.1. The van der Waals surface area contributed by atoms with Crippen LogP contribution in [-0.2, 0) is 16.3 Å². The fourth-order valence-corrected chi connectivity index (χ4v) is 4.75. The van der Waals surface area contributed by atoms with Gasteiger partial charge in [-0.1, -0.05) is 36.8 Å². The van der Waals surface area contributed by atoms with Gasteiger partial charge in [0.1, 0.15) is 0 Å². The van der Waals surface area contributed by atoms with E-state index in [1.807, 2.05) is 18.2 Å². The second-order valence-electron chi connectivity index (χ2n) is 6.58. The highest BCUT2D eigenvalue weighted by atomic mass is 32.2. The first-order valence-electron chi connectivity index (χ1n) is 8.33. The SMILES string of the molecule is O=C(N[C@H]1CCC[C@H]1Cc1ccccc1)N1CCS(=O)(=O)CC1. The number of hydrogen-bond donors (Lipinski definition) is 1. The molecule has 0 bridgehead atoms. The van der Waals surface area contributed by atoms with E-state index < -0.39 is 9.84 Å². The van der Waals surface area contributed by atoms with E-state index in [0.29, 0.717) is 19.0 Å². The Labute approximate surface area is 138 Å². The van der Waals surface area contributed by atoms with Crippen LogP contribution in [0.15, 0.2) is 30.3 Å². The van der Waals surface area contributed by atoms with Crippen LogP contribution in [0.5, 0.6) is 0 Å². The fourth-order valence-electron chi connectivity index (χ4n) is 3.55. The average Bonchev–Trinajstić information content (AvgIpc) is 2.95. The van der Waals surface area contributed by atoms with E-state index in [-0.39, 0.29) is 23.6 Å². The summed E-state index contributed by atoms with van der Waals surface area (Å²) in [7, 11) is -2.95. The van der Waals surface area contributed by atoms with Crippen molar-refractivity contribution in [2.45, 2.75) is 31.7 Å². The summed E-state index contributed by atoms with van der Waals surface area (Å²) in [5.41, 5.74) is 1.31. The van der Waals surface area contributed by atoms with Crippen molar-refractivity contribution in [3.63, 3.8) is 0 Å². The van der Waals surface area contributed by atoms with Crippen LogP contribution < -0.4 is 5.32 Å². The van der Waals surface area contributed by atoms with Crippen molar-refractivity contribution in [1.82, 2.24) is 10.2 Å². The summed E-state index contributed by atoms with van der Waals surface area (Å²) in [6, 6.07) is 10.5. The van der Waals surface area contributed by atoms with Gasteiger partial charge in [0.05, 0.1) is 11.5 Å². The highest BCUT2D eigenvalue weighted by Gasteiger charge is 2.31. The number of nitrogens with zero attached hydrogens (tertiary/aromatic N) is 1. The van der Waals surface area contributed by atoms with Gasteiger partial charge >= 0.3 is 6.03 Å². The first-order chi connectivity index (χ1) is 11.0. The number of amides is 2. The zero-order valence-electron chi connectivity index (χ0n) is 13.3. The molecule has 2 fully saturated rings. The lowest BCUT2D eigenvalue weighted by Crippen LogP contribution is -2.51. The molecule has 1 aliphatic heterocycles. The van der Waals surface area contributed by atoms with Crippen LogP contribution >= 0.6 is 0 Å². The van der Waals surface area contributed by atoms with Crippen molar-refractivity contribution in [2.75, 3.05) is 24.6 Å². The van der Waals surface area contributed by atoms with Gasteiger partial charge in [0.15, 0.2) is 9.84 Å². The molecule has 1 aromatic carbocycles. The first kappa shape index (κ1) is 16.3. The second kappa shape index (κ2) is 6.91. The van der Waals surface area contributed by atoms with E-state index in [1.165, 1.54) is 5.56 Å². The van der Waals surface area contributed by atoms with Gasteiger partial charge in [-0.25, -0.2) is 13.2 Å². The molecule has 2 aliphatic rings. The van der Waals surface area contributed by atoms with E-state index in [0.717, 1.165) is 25.7 Å². The third-order valence-electron chi connectivity index (χ3n) is 4.94. The smallest absolute Gasteiger partial charge is 0.317 e. The van der Waals surface area contributed by atoms with Crippen molar-refractivity contribution in [1.29, 1.82) is 0 Å². The first-order valence-corrected chi connectivity index (χ1v) is 10.2. The van der Waals surface area contributed by atoms with Gasteiger partial charge in [0.2, 0.25) is 0 Å². The summed E-state index contributed by atoms with van der Waals surface area (Å²) in [5, 5.41) is 3.14. The Morgan fingerprint density at radius 3 is 2.52 bits per heavy atom. The van der Waals surface area contributed by atoms with Gasteiger partial charge in [-0.3, -0.25) is 0 Å². The number of rotatable bonds is 3. The largest absolute Gasteiger partial charge is 0.335 e. The molecule has 3 rings (SSSR count). The number of sulfone groups is 1. The molecule has 0 radical (unpaired) electrons. The molecular formula is C17H24N2O3S. The quantitative estimate of drug-likeness (QED) is 0.916. The van der Waals surface area contributed by atoms with Gasteiger partial charge < -0.3 is 10.2 Å². The summed E-state index contributed by atoms with van der Waals surface area (Å²) < 4.78 is 22.9. The van der Waals surface area contributed by atoms with Gasteiger partial charge in [-0.2, -0.15) is 0 Å². The number of benzene rings is 1. The molecular weight excluding hydrogens is 312 g/mol. The molecule has 6 heteroatoms. The van der Waals surface area contributed by atoms with Crippen LogP contribution in [0, 0.1) is 5.92 Å². The van der Waals surface area contributed by atoms with Gasteiger partial charge in [-0.15, -0.1) is 0 Å². The fraction of sp³-hybridized carbons (Fsp3) is 0.588. The highest BCUT2D eigenvalue weighted by molar-refractivity contribution is 7.91. The Hall–Kier alpha value is -1.56. The molecule has 1 aliphatic carbocycles. The Balaban J connectivity index is 1.55. The van der Waals surface area contributed by atoms with Crippen LogP contribution in [0.4, 0.5) is 4.79 Å². The van der Waals surface area contributed by atoms with Crippen LogP contribution in [-0.4, -0.2) is 50.0 Å². The van der Waals surface area contributed by atoms with Gasteiger partial charge in [-0.05, 0) is 30.7 Å². The standard InChI is InChI=1S/C17H24N2O3S/c20-17(19-9-11-23(21,22)12-10-19)18-16-8-4-7-15(16)13-14-5-2-1-3-6-14/h1-3,5-6,15-16H,4,7-13H2,(H,18,20)/t15-,16-/m0/s1. The third-order valence-corrected chi connectivity index (χ3v) is 6.55. The van der Waals surface area contributed by atoms with Crippen molar-refractivity contribution < 1.29 is 13.2 Å². The maximum absolute atomic E-state index is 12.4. The van der Waals surface area contributed by atoms with Crippen molar-refractivity contribution in [3.05, 3.63) is 35.9 Å². The predicted octanol–water partition coefficient (Wildman–Crippen LogP) is 1.84. The van der Waals surface area contributed by atoms with Crippen LogP contribution in [0.1, 0.15) is 24.8 Å². The molecule has 1 N–H and O–H groups in total. The lowest BCUT2D eigenvalue weighted by atomic mass is 9.95. The summed E-state index contributed by atoms with van der Waals surface area (Å²) >= 11 is 0. The molecule has 1 saturated carbocycles. The maximum Gasteiger partial charge on any atom is 0.317 e. The van der Waals surface area contributed by atoms with E-state index in [4.69, 9.17) is 0 Å². The number of carbonyl (C=O) groups excluding carboxylic acids is 1. The Kier molecular flexibility index (Phi) is 4.90. The summed E-state index contributed by atoms with van der Waals surface area (Å²) in [4.78, 5) is 14.0. The molecule has 1 aromatic rings. The minimum absolute atomic E-state index is 0.0819. The normalized spacial score (nSPS) is 26.9. The van der Waals surface area contributed by atoms with E-state index in [2.05, 4.69) is 17.4 Å². The maximum atomic E-state index is 12.4. The topological polar surface area (TPSA) is 66.5 Å². The minimum Gasteiger partial charge on any atom is -0.335 e. The molecule has 1 heterocycles. The minimum atomic E-state index is -2.95. The molecule has 5 nitrogen and oxygen atoms in total. The molecule has 1 saturated heterocycles. The molecule has 2 atom stereocenters. The van der Waals surface area contributed by atoms with Crippen molar-refractivity contribution >= 4 is 15.9 Å². The number of hydrogen-bond acceptors (Lipinski definition) is 3. The summed E-state index contributed by atoms with van der Waals surface area (Å²) in [5.74, 6) is 0.631. The number of carbonyl (C=O) groups is 1. The monoisotopic (exact) mass is 336 g/mol. The Bertz CT molecular complexity index is 631. The second-order valence-corrected chi connectivity index (χ2v) is 8.88. The molecule has 2 amide bonds. The van der Waals surface area contributed by atoms with Crippen LogP contribution in [0.2, 0.25) is 0 Å². The number of nitrogens with one attached hydrogen (secondary N) is 1. The lowest BCUT2D eigenvalue weighted by Gasteiger charge is -2.30. The van der Waals surface area contributed by atoms with Crippen LogP contribution in [0.3, 0.4) is 0 Å². The molecule has 23 heavy (non-hydrogen) atoms. The van der Waals surface area contributed by atoms with Gasteiger partial charge in [0.25, 0.3) is 0 Å². The summed E-state index contributed by atoms with van der Waals surface area (Å²) in [6.45, 7) is 0.620. The Morgan fingerprint density at radius 1 is 1.13 bits per heavy atom. The van der Waals surface area contributed by atoms with Crippen molar-refractivity contribution in [3.8, 4) is 0 Å². The zero-order chi connectivity index (χ0) is 16.3. The molecule has 0 aromatic heterocycles. The van der Waals surface area contributed by atoms with Crippen molar-refractivity contribution in [2.24, 2.45) is 5.92 Å². The third kappa shape index (κ3) is 4.25. The Morgan fingerprint density at radius 2 is 1.83 bits per heavy atom. The van der Waals surface area contributed by atoms with E-state index in [1.54, 1.807) is 4.90 Å². The molecule has 126 valence electrons. The van der Waals surface area contributed by atoms with E-state index in [9.17, 15) is 13.2 Å². The van der Waals surface area contributed by atoms with E-state index >= 15 is 0 Å². The number of urea groups is 1. The summed E-state index contributed by atoms with van der Waals surface area (Å²) in [6.07, 6.45) is 4.26. The predicted molar refractivity (Wildman–Crippen MR) is 90.0 cm³/mol. The lowest BCUT2D eigenvalue weighted by molar-refractivity contribution is 0.194. The molecule has 0 unspecified atom stereocenters.